The highest BCUT2D eigenvalue weighted by Crippen LogP contribution is 2.02. The van der Waals surface area contributed by atoms with E-state index in [0.717, 1.165) is 11.0 Å². The zero-order valence-corrected chi connectivity index (χ0v) is 8.13. The molecule has 0 aliphatic rings. The first-order chi connectivity index (χ1) is 6.14. The van der Waals surface area contributed by atoms with Crippen LogP contribution in [0.15, 0.2) is 42.3 Å². The molecule has 0 saturated heterocycles. The van der Waals surface area contributed by atoms with Gasteiger partial charge in [-0.05, 0) is 12.0 Å². The molecule has 0 unspecified atom stereocenters. The first kappa shape index (κ1) is 9.99. The van der Waals surface area contributed by atoms with Gasteiger partial charge in [0.2, 0.25) is 0 Å². The van der Waals surface area contributed by atoms with E-state index in [1.165, 1.54) is 0 Å². The summed E-state index contributed by atoms with van der Waals surface area (Å²) in [5, 5.41) is 1.01. The molecule has 0 aliphatic carbocycles. The molecule has 0 saturated carbocycles. The third-order valence-corrected chi connectivity index (χ3v) is 3.05. The lowest BCUT2D eigenvalue weighted by atomic mass is 10.2. The molecule has 1 aromatic carbocycles. The van der Waals surface area contributed by atoms with Gasteiger partial charge in [-0.1, -0.05) is 36.9 Å². The summed E-state index contributed by atoms with van der Waals surface area (Å²) in [7, 11) is -3.05. The molecule has 0 bridgehead atoms. The molecule has 0 atom stereocenters. The van der Waals surface area contributed by atoms with Crippen LogP contribution in [0.3, 0.4) is 0 Å². The first-order valence-corrected chi connectivity index (χ1v) is 5.75. The molecule has 0 aromatic heterocycles. The zero-order valence-electron chi connectivity index (χ0n) is 7.31. The number of hydrogen-bond acceptors (Lipinski definition) is 2. The van der Waals surface area contributed by atoms with Crippen LogP contribution in [0.2, 0.25) is 0 Å². The second kappa shape index (κ2) is 4.23. The van der Waals surface area contributed by atoms with Gasteiger partial charge >= 0.3 is 0 Å². The SMILES string of the molecule is C=CS(=O)(=O)CCc1ccccc1. The summed E-state index contributed by atoms with van der Waals surface area (Å²) in [6, 6.07) is 9.54. The van der Waals surface area contributed by atoms with Crippen LogP contribution in [0.4, 0.5) is 0 Å². The van der Waals surface area contributed by atoms with Crippen molar-refractivity contribution in [2.45, 2.75) is 6.42 Å². The van der Waals surface area contributed by atoms with Crippen molar-refractivity contribution in [3.8, 4) is 0 Å². The fraction of sp³-hybridized carbons (Fsp3) is 0.200. The molecule has 13 heavy (non-hydrogen) atoms. The van der Waals surface area contributed by atoms with Gasteiger partial charge in [0.15, 0.2) is 9.84 Å². The van der Waals surface area contributed by atoms with Crippen molar-refractivity contribution in [2.24, 2.45) is 0 Å². The first-order valence-electron chi connectivity index (χ1n) is 4.03. The van der Waals surface area contributed by atoms with E-state index in [-0.39, 0.29) is 5.75 Å². The van der Waals surface area contributed by atoms with Crippen LogP contribution in [-0.4, -0.2) is 14.2 Å². The van der Waals surface area contributed by atoms with E-state index in [2.05, 4.69) is 6.58 Å². The Morgan fingerprint density at radius 1 is 1.23 bits per heavy atom. The maximum absolute atomic E-state index is 11.1. The molecule has 1 aromatic rings. The smallest absolute Gasteiger partial charge is 0.171 e. The Morgan fingerprint density at radius 2 is 1.85 bits per heavy atom. The van der Waals surface area contributed by atoms with Gasteiger partial charge in [0.1, 0.15) is 0 Å². The highest BCUT2D eigenvalue weighted by molar-refractivity contribution is 7.94. The van der Waals surface area contributed by atoms with Crippen molar-refractivity contribution in [2.75, 3.05) is 5.75 Å². The van der Waals surface area contributed by atoms with Gasteiger partial charge in [0.25, 0.3) is 0 Å². The van der Waals surface area contributed by atoms with Crippen molar-refractivity contribution in [1.29, 1.82) is 0 Å². The third kappa shape index (κ3) is 3.42. The highest BCUT2D eigenvalue weighted by Gasteiger charge is 2.04. The Morgan fingerprint density at radius 3 is 2.38 bits per heavy atom. The molecule has 0 amide bonds. The molecule has 3 heteroatoms. The van der Waals surface area contributed by atoms with Crippen molar-refractivity contribution >= 4 is 9.84 Å². The van der Waals surface area contributed by atoms with Gasteiger partial charge in [-0.2, -0.15) is 0 Å². The van der Waals surface area contributed by atoms with Crippen LogP contribution >= 0.6 is 0 Å². The Balaban J connectivity index is 2.59. The van der Waals surface area contributed by atoms with E-state index in [4.69, 9.17) is 0 Å². The Kier molecular flexibility index (Phi) is 3.25. The lowest BCUT2D eigenvalue weighted by molar-refractivity contribution is 0.604. The van der Waals surface area contributed by atoms with Gasteiger partial charge in [-0.15, -0.1) is 0 Å². The van der Waals surface area contributed by atoms with E-state index >= 15 is 0 Å². The fourth-order valence-corrected chi connectivity index (χ4v) is 1.68. The molecular formula is C10H12O2S. The minimum atomic E-state index is -3.05. The summed E-state index contributed by atoms with van der Waals surface area (Å²) in [6.45, 7) is 3.26. The van der Waals surface area contributed by atoms with Crippen LogP contribution in [0.5, 0.6) is 0 Å². The Hall–Kier alpha value is -1.09. The van der Waals surface area contributed by atoms with Gasteiger partial charge < -0.3 is 0 Å². The summed E-state index contributed by atoms with van der Waals surface area (Å²) < 4.78 is 22.1. The quantitative estimate of drug-likeness (QED) is 0.735. The lowest BCUT2D eigenvalue weighted by Gasteiger charge is -1.98. The maximum Gasteiger partial charge on any atom is 0.171 e. The summed E-state index contributed by atoms with van der Waals surface area (Å²) in [4.78, 5) is 0. The average Bonchev–Trinajstić information content (AvgIpc) is 2.17. The number of benzene rings is 1. The summed E-state index contributed by atoms with van der Waals surface area (Å²) in [5.74, 6) is 0.139. The second-order valence-electron chi connectivity index (χ2n) is 2.77. The summed E-state index contributed by atoms with van der Waals surface area (Å²) in [5.41, 5.74) is 1.04. The number of hydrogen-bond donors (Lipinski definition) is 0. The van der Waals surface area contributed by atoms with Crippen molar-refractivity contribution in [1.82, 2.24) is 0 Å². The molecule has 0 radical (unpaired) electrons. The summed E-state index contributed by atoms with van der Waals surface area (Å²) in [6.07, 6.45) is 0.551. The normalized spacial score (nSPS) is 11.1. The fourth-order valence-electron chi connectivity index (χ4n) is 0.988. The van der Waals surface area contributed by atoms with E-state index < -0.39 is 9.84 Å². The third-order valence-electron chi connectivity index (χ3n) is 1.77. The van der Waals surface area contributed by atoms with Crippen LogP contribution < -0.4 is 0 Å². The monoisotopic (exact) mass is 196 g/mol. The van der Waals surface area contributed by atoms with Crippen molar-refractivity contribution in [3.63, 3.8) is 0 Å². The number of aryl methyl sites for hydroxylation is 1. The van der Waals surface area contributed by atoms with Gasteiger partial charge in [-0.25, -0.2) is 8.42 Å². The molecule has 0 heterocycles. The molecule has 70 valence electrons. The van der Waals surface area contributed by atoms with Gasteiger partial charge in [0.05, 0.1) is 5.75 Å². The summed E-state index contributed by atoms with van der Waals surface area (Å²) >= 11 is 0. The number of sulfone groups is 1. The van der Waals surface area contributed by atoms with E-state index in [1.807, 2.05) is 30.3 Å². The molecule has 0 spiro atoms. The maximum atomic E-state index is 11.1. The van der Waals surface area contributed by atoms with Gasteiger partial charge in [-0.3, -0.25) is 0 Å². The van der Waals surface area contributed by atoms with E-state index in [0.29, 0.717) is 6.42 Å². The van der Waals surface area contributed by atoms with Crippen LogP contribution in [0.1, 0.15) is 5.56 Å². The largest absolute Gasteiger partial charge is 0.224 e. The Bertz CT molecular complexity index is 365. The number of rotatable bonds is 4. The van der Waals surface area contributed by atoms with E-state index in [1.54, 1.807) is 0 Å². The minimum absolute atomic E-state index is 0.139. The zero-order chi connectivity index (χ0) is 9.73. The predicted molar refractivity (Wildman–Crippen MR) is 54.1 cm³/mol. The van der Waals surface area contributed by atoms with Crippen LogP contribution in [-0.2, 0) is 16.3 Å². The molecule has 0 aliphatic heterocycles. The standard InChI is InChI=1S/C10H12O2S/c1-2-13(11,12)9-8-10-6-4-3-5-7-10/h2-7H,1,8-9H2. The topological polar surface area (TPSA) is 34.1 Å². The van der Waals surface area contributed by atoms with E-state index in [9.17, 15) is 8.42 Å². The van der Waals surface area contributed by atoms with Gasteiger partial charge in [0, 0.05) is 5.41 Å². The lowest BCUT2D eigenvalue weighted by Crippen LogP contribution is -2.04. The molecule has 2 nitrogen and oxygen atoms in total. The van der Waals surface area contributed by atoms with Crippen LogP contribution in [0, 0.1) is 0 Å². The van der Waals surface area contributed by atoms with Crippen LogP contribution in [0.25, 0.3) is 0 Å². The molecule has 0 N–H and O–H groups in total. The highest BCUT2D eigenvalue weighted by atomic mass is 32.2. The Labute approximate surface area is 78.8 Å². The molecule has 0 fully saturated rings. The second-order valence-corrected chi connectivity index (χ2v) is 4.84. The van der Waals surface area contributed by atoms with Crippen molar-refractivity contribution in [3.05, 3.63) is 47.9 Å². The average molecular weight is 196 g/mol. The predicted octanol–water partition coefficient (Wildman–Crippen LogP) is 1.79. The molecule has 1 rings (SSSR count). The minimum Gasteiger partial charge on any atom is -0.224 e. The molecular weight excluding hydrogens is 184 g/mol. The van der Waals surface area contributed by atoms with Crippen molar-refractivity contribution < 1.29 is 8.42 Å².